The van der Waals surface area contributed by atoms with Crippen LogP contribution in [0.3, 0.4) is 0 Å². The number of rotatable bonds is 40. The highest BCUT2D eigenvalue weighted by Crippen LogP contribution is 2.43. The minimum absolute atomic E-state index is 0.0333. The number of hydrogen-bond donors (Lipinski definition) is 5. The summed E-state index contributed by atoms with van der Waals surface area (Å²) in [4.78, 5) is 35.0. The normalized spacial score (nSPS) is 15.6. The van der Waals surface area contributed by atoms with Gasteiger partial charge in [0, 0.05) is 12.8 Å². The van der Waals surface area contributed by atoms with Gasteiger partial charge >= 0.3 is 19.8 Å². The summed E-state index contributed by atoms with van der Waals surface area (Å²) in [6, 6.07) is 0. The maximum Gasteiger partial charge on any atom is 0.472 e. The summed E-state index contributed by atoms with van der Waals surface area (Å²) in [6.07, 6.45) is 40.2. The second kappa shape index (κ2) is 40.7. The summed E-state index contributed by atoms with van der Waals surface area (Å²) in [5.41, 5.74) is 0. The molecule has 0 bridgehead atoms. The Morgan fingerprint density at radius 1 is 0.559 bits per heavy atom. The van der Waals surface area contributed by atoms with Crippen molar-refractivity contribution in [1.82, 2.24) is 0 Å². The number of phosphoric acid groups is 1. The molecule has 0 rings (SSSR count). The number of ether oxygens (including phenoxy) is 2. The SMILES string of the molecule is CCCCCCCC/C=C\CCCCCCCC(=O)OCC(COP(=O)(O)OCC(O)CO)OC(=O)CC/C=C/C/C=C/C/C=C/C/C=C/C/C=C/CC(O)C(O)CC. The van der Waals surface area contributed by atoms with Crippen molar-refractivity contribution < 1.29 is 58.0 Å². The number of unbranched alkanes of at least 4 members (excludes halogenated alkanes) is 11. The largest absolute Gasteiger partial charge is 0.472 e. The maximum absolute atomic E-state index is 12.6. The summed E-state index contributed by atoms with van der Waals surface area (Å²) in [6.45, 7) is 1.80. The van der Waals surface area contributed by atoms with Gasteiger partial charge in [-0.2, -0.15) is 0 Å². The molecule has 0 aromatic carbocycles. The van der Waals surface area contributed by atoms with Gasteiger partial charge in [0.1, 0.15) is 12.7 Å². The van der Waals surface area contributed by atoms with Crippen LogP contribution in [0.1, 0.15) is 155 Å². The van der Waals surface area contributed by atoms with E-state index < -0.39 is 64.0 Å². The van der Waals surface area contributed by atoms with Crippen LogP contribution in [0.5, 0.6) is 0 Å². The van der Waals surface area contributed by atoms with Crippen LogP contribution < -0.4 is 0 Å². The monoisotopic (exact) mass is 855 g/mol. The Labute approximate surface area is 355 Å². The van der Waals surface area contributed by atoms with Crippen molar-refractivity contribution in [3.8, 4) is 0 Å². The molecule has 5 N–H and O–H groups in total. The first-order chi connectivity index (χ1) is 28.5. The number of aliphatic hydroxyl groups excluding tert-OH is 4. The van der Waals surface area contributed by atoms with Crippen LogP contribution in [-0.4, -0.2) is 88.1 Å². The molecule has 0 fully saturated rings. The van der Waals surface area contributed by atoms with Gasteiger partial charge in [0.2, 0.25) is 0 Å². The highest BCUT2D eigenvalue weighted by Gasteiger charge is 2.27. The second-order valence-electron chi connectivity index (χ2n) is 14.6. The van der Waals surface area contributed by atoms with Gasteiger partial charge < -0.3 is 34.8 Å². The molecule has 0 aliphatic carbocycles. The van der Waals surface area contributed by atoms with Crippen molar-refractivity contribution in [1.29, 1.82) is 0 Å². The van der Waals surface area contributed by atoms with E-state index in [2.05, 4.69) is 54.0 Å². The molecule has 0 saturated heterocycles. The van der Waals surface area contributed by atoms with Gasteiger partial charge in [-0.3, -0.25) is 18.6 Å². The highest BCUT2D eigenvalue weighted by atomic mass is 31.2. The van der Waals surface area contributed by atoms with Crippen molar-refractivity contribution in [3.05, 3.63) is 72.9 Å². The van der Waals surface area contributed by atoms with E-state index in [9.17, 15) is 34.4 Å². The van der Waals surface area contributed by atoms with Crippen LogP contribution in [0, 0.1) is 0 Å². The number of allylic oxidation sites excluding steroid dienone is 11. The summed E-state index contributed by atoms with van der Waals surface area (Å²) in [7, 11) is -4.66. The number of esters is 2. The molecule has 59 heavy (non-hydrogen) atoms. The van der Waals surface area contributed by atoms with E-state index in [1.54, 1.807) is 0 Å². The smallest absolute Gasteiger partial charge is 0.462 e. The topological polar surface area (TPSA) is 189 Å². The van der Waals surface area contributed by atoms with Crippen LogP contribution >= 0.6 is 7.82 Å². The third kappa shape index (κ3) is 39.2. The van der Waals surface area contributed by atoms with Crippen LogP contribution in [-0.2, 0) is 32.7 Å². The molecule has 0 aliphatic heterocycles. The average molecular weight is 855 g/mol. The number of aliphatic hydroxyl groups is 4. The first kappa shape index (κ1) is 56.3. The van der Waals surface area contributed by atoms with Gasteiger partial charge in [0.05, 0.1) is 32.0 Å². The lowest BCUT2D eigenvalue weighted by Crippen LogP contribution is -2.29. The lowest BCUT2D eigenvalue weighted by Gasteiger charge is -2.20. The highest BCUT2D eigenvalue weighted by molar-refractivity contribution is 7.47. The number of carbonyl (C=O) groups is 2. The third-order valence-electron chi connectivity index (χ3n) is 9.11. The number of hydrogen-bond acceptors (Lipinski definition) is 11. The maximum atomic E-state index is 12.6. The fraction of sp³-hybridized carbons (Fsp3) is 0.696. The molecule has 12 nitrogen and oxygen atoms in total. The summed E-state index contributed by atoms with van der Waals surface area (Å²) >= 11 is 0. The Morgan fingerprint density at radius 2 is 1.05 bits per heavy atom. The Hall–Kier alpha value is -2.67. The van der Waals surface area contributed by atoms with Gasteiger partial charge in [-0.1, -0.05) is 138 Å². The van der Waals surface area contributed by atoms with E-state index >= 15 is 0 Å². The van der Waals surface area contributed by atoms with Crippen LogP contribution in [0.2, 0.25) is 0 Å². The second-order valence-corrected chi connectivity index (χ2v) is 16.1. The van der Waals surface area contributed by atoms with Gasteiger partial charge in [0.25, 0.3) is 0 Å². The predicted molar refractivity (Wildman–Crippen MR) is 235 cm³/mol. The van der Waals surface area contributed by atoms with Crippen LogP contribution in [0.25, 0.3) is 0 Å². The molecule has 0 spiro atoms. The Kier molecular flexibility index (Phi) is 38.9. The van der Waals surface area contributed by atoms with Crippen molar-refractivity contribution in [2.45, 2.75) is 180 Å². The molecule has 5 unspecified atom stereocenters. The molecule has 0 heterocycles. The minimum Gasteiger partial charge on any atom is -0.462 e. The Balaban J connectivity index is 4.47. The lowest BCUT2D eigenvalue weighted by molar-refractivity contribution is -0.161. The van der Waals surface area contributed by atoms with E-state index in [0.29, 0.717) is 32.1 Å². The first-order valence-electron chi connectivity index (χ1n) is 22.1. The van der Waals surface area contributed by atoms with Gasteiger partial charge in [-0.05, 0) is 77.0 Å². The van der Waals surface area contributed by atoms with Gasteiger partial charge in [-0.15, -0.1) is 0 Å². The molecule has 0 saturated carbocycles. The molecule has 0 aromatic heterocycles. The van der Waals surface area contributed by atoms with E-state index in [0.717, 1.165) is 57.8 Å². The average Bonchev–Trinajstić information content (AvgIpc) is 3.22. The standard InChI is InChI=1S/C46H79O12P/c1-3-5-6-7-8-9-10-11-13-17-20-23-26-29-32-35-45(51)55-39-42(40-57-59(53,54)56-38-41(48)37-47)58-46(52)36-33-30-27-24-21-18-15-12-14-16-19-22-25-28-31-34-44(50)43(49)4-2/h11-14,18-19,21-22,27-28,30-31,41-44,47-50H,3-10,15-17,20,23-26,29,32-40H2,1-2H3,(H,53,54)/b13-11-,14-12+,21-18+,22-19+,30-27+,31-28+. The minimum atomic E-state index is -4.66. The molecule has 13 heteroatoms. The zero-order valence-electron chi connectivity index (χ0n) is 36.2. The molecule has 0 aromatic rings. The molecule has 0 radical (unpaired) electrons. The summed E-state index contributed by atoms with van der Waals surface area (Å²) < 4.78 is 32.6. The first-order valence-corrected chi connectivity index (χ1v) is 23.6. The molecule has 0 aliphatic rings. The van der Waals surface area contributed by atoms with Crippen LogP contribution in [0.15, 0.2) is 72.9 Å². The number of carbonyl (C=O) groups excluding carboxylic acids is 2. The zero-order chi connectivity index (χ0) is 43.7. The van der Waals surface area contributed by atoms with E-state index in [1.807, 2.05) is 37.3 Å². The van der Waals surface area contributed by atoms with Gasteiger partial charge in [-0.25, -0.2) is 4.57 Å². The Morgan fingerprint density at radius 3 is 1.61 bits per heavy atom. The zero-order valence-corrected chi connectivity index (χ0v) is 37.1. The van der Waals surface area contributed by atoms with Crippen molar-refractivity contribution in [3.63, 3.8) is 0 Å². The Bertz CT molecular complexity index is 1240. The molecular formula is C46H79O12P. The fourth-order valence-electron chi connectivity index (χ4n) is 5.47. The predicted octanol–water partition coefficient (Wildman–Crippen LogP) is 9.61. The third-order valence-corrected chi connectivity index (χ3v) is 10.1. The molecule has 340 valence electrons. The fourth-order valence-corrected chi connectivity index (χ4v) is 6.26. The number of phosphoric ester groups is 1. The van der Waals surface area contributed by atoms with E-state index in [1.165, 1.54) is 38.5 Å². The summed E-state index contributed by atoms with van der Waals surface area (Å²) in [5, 5.41) is 37.6. The molecule has 0 amide bonds. The van der Waals surface area contributed by atoms with Crippen molar-refractivity contribution in [2.75, 3.05) is 26.4 Å². The van der Waals surface area contributed by atoms with E-state index in [-0.39, 0.29) is 19.4 Å². The van der Waals surface area contributed by atoms with Crippen LogP contribution in [0.4, 0.5) is 0 Å². The molecule has 5 atom stereocenters. The van der Waals surface area contributed by atoms with Crippen molar-refractivity contribution in [2.24, 2.45) is 0 Å². The lowest BCUT2D eigenvalue weighted by atomic mass is 10.1. The van der Waals surface area contributed by atoms with Crippen molar-refractivity contribution >= 4 is 19.8 Å². The van der Waals surface area contributed by atoms with Gasteiger partial charge in [0.15, 0.2) is 6.10 Å². The molecular weight excluding hydrogens is 775 g/mol. The van der Waals surface area contributed by atoms with E-state index in [4.69, 9.17) is 19.1 Å². The summed E-state index contributed by atoms with van der Waals surface area (Å²) in [5.74, 6) is -1.07. The quantitative estimate of drug-likeness (QED) is 0.0170.